The van der Waals surface area contributed by atoms with Crippen LogP contribution in [0.4, 0.5) is 0 Å². The molecule has 0 aliphatic carbocycles. The van der Waals surface area contributed by atoms with Crippen LogP contribution in [0.5, 0.6) is 5.75 Å². The summed E-state index contributed by atoms with van der Waals surface area (Å²) in [6, 6.07) is 2.43. The van der Waals surface area contributed by atoms with E-state index in [1.165, 1.54) is 24.8 Å². The smallest absolute Gasteiger partial charge is 0.137 e. The first-order chi connectivity index (χ1) is 9.81. The zero-order valence-electron chi connectivity index (χ0n) is 12.3. The first kappa shape index (κ1) is 13.8. The van der Waals surface area contributed by atoms with E-state index in [-0.39, 0.29) is 0 Å². The molecule has 4 unspecified atom stereocenters. The number of hydrogen-bond acceptors (Lipinski definition) is 4. The Balaban J connectivity index is 1.81. The van der Waals surface area contributed by atoms with E-state index < -0.39 is 0 Å². The van der Waals surface area contributed by atoms with Crippen molar-refractivity contribution >= 4 is 0 Å². The van der Waals surface area contributed by atoms with Crippen LogP contribution in [0, 0.1) is 5.92 Å². The minimum atomic E-state index is 0.327. The van der Waals surface area contributed by atoms with E-state index in [4.69, 9.17) is 9.47 Å². The Morgan fingerprint density at radius 2 is 2.35 bits per heavy atom. The molecule has 2 bridgehead atoms. The number of pyridine rings is 1. The third kappa shape index (κ3) is 2.67. The number of ether oxygens (including phenoxy) is 2. The molecule has 0 spiro atoms. The minimum Gasteiger partial charge on any atom is -0.495 e. The predicted octanol–water partition coefficient (Wildman–Crippen LogP) is 2.70. The summed E-state index contributed by atoms with van der Waals surface area (Å²) in [5, 5.41) is 3.69. The van der Waals surface area contributed by atoms with Crippen LogP contribution in [0.1, 0.15) is 44.2 Å². The average Bonchev–Trinajstić information content (AvgIpc) is 3.11. The molecule has 4 heteroatoms. The van der Waals surface area contributed by atoms with Crippen molar-refractivity contribution in [2.24, 2.45) is 5.92 Å². The molecule has 110 valence electrons. The van der Waals surface area contributed by atoms with Gasteiger partial charge in [-0.3, -0.25) is 4.98 Å². The number of nitrogens with zero attached hydrogens (tertiary/aromatic N) is 1. The molecule has 3 rings (SSSR count). The molecule has 0 saturated carbocycles. The molecule has 2 saturated heterocycles. The Bertz CT molecular complexity index is 452. The van der Waals surface area contributed by atoms with Gasteiger partial charge in [-0.25, -0.2) is 0 Å². The van der Waals surface area contributed by atoms with Crippen LogP contribution >= 0.6 is 0 Å². The minimum absolute atomic E-state index is 0.327. The molecular weight excluding hydrogens is 252 g/mol. The predicted molar refractivity (Wildman–Crippen MR) is 77.8 cm³/mol. The van der Waals surface area contributed by atoms with Gasteiger partial charge in [0.1, 0.15) is 5.75 Å². The third-order valence-corrected chi connectivity index (χ3v) is 4.52. The molecule has 20 heavy (non-hydrogen) atoms. The number of hydrogen-bond donors (Lipinski definition) is 1. The SMILES string of the molecule is CCCNC(c1cncc(OC)c1)C1CC2CCC1O2. The summed E-state index contributed by atoms with van der Waals surface area (Å²) in [5.41, 5.74) is 1.22. The van der Waals surface area contributed by atoms with Crippen LogP contribution < -0.4 is 10.1 Å². The summed E-state index contributed by atoms with van der Waals surface area (Å²) in [7, 11) is 1.69. The number of fused-ring (bicyclic) bond motifs is 2. The summed E-state index contributed by atoms with van der Waals surface area (Å²) in [6.07, 6.45) is 9.36. The first-order valence-corrected chi connectivity index (χ1v) is 7.69. The Kier molecular flexibility index (Phi) is 4.22. The molecule has 0 aromatic carbocycles. The van der Waals surface area contributed by atoms with Crippen LogP contribution in [0.3, 0.4) is 0 Å². The van der Waals surface area contributed by atoms with Crippen LogP contribution in [0.25, 0.3) is 0 Å². The van der Waals surface area contributed by atoms with E-state index in [1.54, 1.807) is 13.3 Å². The second-order valence-corrected chi connectivity index (χ2v) is 5.86. The highest BCUT2D eigenvalue weighted by Gasteiger charge is 2.44. The average molecular weight is 276 g/mol. The normalized spacial score (nSPS) is 29.6. The fourth-order valence-electron chi connectivity index (χ4n) is 3.56. The highest BCUT2D eigenvalue weighted by atomic mass is 16.5. The van der Waals surface area contributed by atoms with Crippen LogP contribution in [-0.4, -0.2) is 30.8 Å². The lowest BCUT2D eigenvalue weighted by Crippen LogP contribution is -2.34. The standard InChI is InChI=1S/C16H24N2O2/c1-3-6-18-16(11-7-13(19-2)10-17-9-11)14-8-12-4-5-15(14)20-12/h7,9-10,12,14-16,18H,3-6,8H2,1-2H3. The molecule has 1 aromatic heterocycles. The highest BCUT2D eigenvalue weighted by Crippen LogP contribution is 2.44. The van der Waals surface area contributed by atoms with Crippen molar-refractivity contribution in [1.29, 1.82) is 0 Å². The number of nitrogens with one attached hydrogen (secondary N) is 1. The van der Waals surface area contributed by atoms with Gasteiger partial charge in [-0.05, 0) is 43.9 Å². The molecule has 0 amide bonds. The van der Waals surface area contributed by atoms with Gasteiger partial charge in [-0.15, -0.1) is 0 Å². The number of aromatic nitrogens is 1. The van der Waals surface area contributed by atoms with Gasteiger partial charge < -0.3 is 14.8 Å². The second kappa shape index (κ2) is 6.10. The van der Waals surface area contributed by atoms with Gasteiger partial charge in [-0.1, -0.05) is 6.92 Å². The summed E-state index contributed by atoms with van der Waals surface area (Å²) in [5.74, 6) is 1.39. The van der Waals surface area contributed by atoms with Crippen molar-refractivity contribution in [2.75, 3.05) is 13.7 Å². The van der Waals surface area contributed by atoms with E-state index in [9.17, 15) is 0 Å². The fraction of sp³-hybridized carbons (Fsp3) is 0.688. The molecule has 4 nitrogen and oxygen atoms in total. The Morgan fingerprint density at radius 1 is 1.45 bits per heavy atom. The molecule has 2 aliphatic heterocycles. The van der Waals surface area contributed by atoms with Crippen LogP contribution in [-0.2, 0) is 4.74 Å². The van der Waals surface area contributed by atoms with E-state index in [1.807, 2.05) is 6.20 Å². The summed E-state index contributed by atoms with van der Waals surface area (Å²) >= 11 is 0. The molecule has 1 aromatic rings. The number of rotatable bonds is 6. The van der Waals surface area contributed by atoms with E-state index in [0.29, 0.717) is 24.2 Å². The van der Waals surface area contributed by atoms with Crippen LogP contribution in [0.2, 0.25) is 0 Å². The van der Waals surface area contributed by atoms with Gasteiger partial charge in [0.15, 0.2) is 0 Å². The van der Waals surface area contributed by atoms with Gasteiger partial charge in [0.2, 0.25) is 0 Å². The topological polar surface area (TPSA) is 43.4 Å². The zero-order chi connectivity index (χ0) is 13.9. The molecule has 3 heterocycles. The monoisotopic (exact) mass is 276 g/mol. The lowest BCUT2D eigenvalue weighted by Gasteiger charge is -2.29. The molecule has 2 fully saturated rings. The molecule has 2 aliphatic rings. The quantitative estimate of drug-likeness (QED) is 0.867. The lowest BCUT2D eigenvalue weighted by atomic mass is 9.81. The zero-order valence-corrected chi connectivity index (χ0v) is 12.3. The molecule has 4 atom stereocenters. The van der Waals surface area contributed by atoms with E-state index in [2.05, 4.69) is 23.3 Å². The summed E-state index contributed by atoms with van der Waals surface area (Å²) in [6.45, 7) is 3.22. The molecule has 1 N–H and O–H groups in total. The summed E-state index contributed by atoms with van der Waals surface area (Å²) in [4.78, 5) is 4.31. The highest BCUT2D eigenvalue weighted by molar-refractivity contribution is 5.27. The van der Waals surface area contributed by atoms with Gasteiger partial charge in [0.05, 0.1) is 25.5 Å². The largest absolute Gasteiger partial charge is 0.495 e. The third-order valence-electron chi connectivity index (χ3n) is 4.52. The van der Waals surface area contributed by atoms with E-state index >= 15 is 0 Å². The molecular formula is C16H24N2O2. The maximum atomic E-state index is 6.03. The van der Waals surface area contributed by atoms with Crippen molar-refractivity contribution in [1.82, 2.24) is 10.3 Å². The van der Waals surface area contributed by atoms with Crippen molar-refractivity contribution in [3.8, 4) is 5.75 Å². The number of methoxy groups -OCH3 is 1. The van der Waals surface area contributed by atoms with Crippen molar-refractivity contribution < 1.29 is 9.47 Å². The van der Waals surface area contributed by atoms with Crippen LogP contribution in [0.15, 0.2) is 18.5 Å². The fourth-order valence-corrected chi connectivity index (χ4v) is 3.56. The van der Waals surface area contributed by atoms with E-state index in [0.717, 1.165) is 18.7 Å². The summed E-state index contributed by atoms with van der Waals surface area (Å²) < 4.78 is 11.3. The Morgan fingerprint density at radius 3 is 3.00 bits per heavy atom. The van der Waals surface area contributed by atoms with Gasteiger partial charge in [0, 0.05) is 18.2 Å². The maximum Gasteiger partial charge on any atom is 0.137 e. The maximum absolute atomic E-state index is 6.03. The second-order valence-electron chi connectivity index (χ2n) is 5.86. The van der Waals surface area contributed by atoms with Crippen molar-refractivity contribution in [3.05, 3.63) is 24.0 Å². The first-order valence-electron chi connectivity index (χ1n) is 7.69. The van der Waals surface area contributed by atoms with Gasteiger partial charge in [-0.2, -0.15) is 0 Å². The Labute approximate surface area is 120 Å². The van der Waals surface area contributed by atoms with Gasteiger partial charge >= 0.3 is 0 Å². The lowest BCUT2D eigenvalue weighted by molar-refractivity contribution is 0.0856. The molecule has 0 radical (unpaired) electrons. The van der Waals surface area contributed by atoms with Crippen molar-refractivity contribution in [3.63, 3.8) is 0 Å². The van der Waals surface area contributed by atoms with Gasteiger partial charge in [0.25, 0.3) is 0 Å². The Hall–Kier alpha value is -1.13. The van der Waals surface area contributed by atoms with Crippen molar-refractivity contribution in [2.45, 2.75) is 50.9 Å².